The molecule has 2 aromatic heterocycles. The van der Waals surface area contributed by atoms with Gasteiger partial charge in [0.25, 0.3) is 0 Å². The second-order valence-corrected chi connectivity index (χ2v) is 6.29. The van der Waals surface area contributed by atoms with Crippen LogP contribution >= 0.6 is 0 Å². The highest BCUT2D eigenvalue weighted by Crippen LogP contribution is 2.36. The van der Waals surface area contributed by atoms with E-state index in [1.165, 1.54) is 0 Å². The summed E-state index contributed by atoms with van der Waals surface area (Å²) in [6, 6.07) is 2.03. The third kappa shape index (κ3) is 2.82. The minimum Gasteiger partial charge on any atom is -0.382 e. The molecule has 0 amide bonds. The number of fused-ring (bicyclic) bond motifs is 1. The minimum absolute atomic E-state index is 0.196. The summed E-state index contributed by atoms with van der Waals surface area (Å²) in [5, 5.41) is 1.04. The maximum absolute atomic E-state index is 6.19. The molecule has 7 heteroatoms. The Hall–Kier alpha value is -1.54. The molecule has 0 saturated carbocycles. The topological polar surface area (TPSA) is 67.6 Å². The van der Waals surface area contributed by atoms with Crippen LogP contribution in [-0.4, -0.2) is 60.8 Å². The van der Waals surface area contributed by atoms with Crippen molar-refractivity contribution in [2.75, 3.05) is 27.9 Å². The van der Waals surface area contributed by atoms with Gasteiger partial charge in [0.1, 0.15) is 30.3 Å². The fourth-order valence-electron chi connectivity index (χ4n) is 3.42. The van der Waals surface area contributed by atoms with Crippen molar-refractivity contribution in [1.82, 2.24) is 14.5 Å². The molecule has 3 rings (SSSR count). The Morgan fingerprint density at radius 1 is 1.17 bits per heavy atom. The standard InChI is InChI=1S/C17H25N3O4/c1-10(2)13-11-6-7-20(16(11)19-9-18-13)17-15(23-5)14(22-4)12(24-17)8-21-3/h6-7,9-10,12,14-15,17H,8H2,1-5H3/t12-,14-,15-,17-/m1/s1. The lowest BCUT2D eigenvalue weighted by Crippen LogP contribution is -2.36. The molecule has 3 heterocycles. The lowest BCUT2D eigenvalue weighted by atomic mass is 10.1. The Morgan fingerprint density at radius 3 is 2.54 bits per heavy atom. The van der Waals surface area contributed by atoms with E-state index < -0.39 is 0 Å². The van der Waals surface area contributed by atoms with Crippen molar-refractivity contribution in [3.63, 3.8) is 0 Å². The van der Waals surface area contributed by atoms with Gasteiger partial charge in [0.05, 0.1) is 12.3 Å². The van der Waals surface area contributed by atoms with Gasteiger partial charge in [0.2, 0.25) is 0 Å². The van der Waals surface area contributed by atoms with Crippen LogP contribution < -0.4 is 0 Å². The molecule has 0 aliphatic carbocycles. The Balaban J connectivity index is 2.01. The van der Waals surface area contributed by atoms with E-state index >= 15 is 0 Å². The van der Waals surface area contributed by atoms with Crippen molar-refractivity contribution >= 4 is 11.0 Å². The van der Waals surface area contributed by atoms with Crippen LogP contribution in [0.2, 0.25) is 0 Å². The number of nitrogens with zero attached hydrogens (tertiary/aromatic N) is 3. The number of rotatable bonds is 6. The molecule has 0 radical (unpaired) electrons. The molecule has 1 aliphatic rings. The predicted octanol–water partition coefficient (Wildman–Crippen LogP) is 2.13. The average Bonchev–Trinajstić information content (AvgIpc) is 3.15. The fourth-order valence-corrected chi connectivity index (χ4v) is 3.42. The van der Waals surface area contributed by atoms with Gasteiger partial charge in [-0.15, -0.1) is 0 Å². The summed E-state index contributed by atoms with van der Waals surface area (Å²) in [7, 11) is 4.98. The van der Waals surface area contributed by atoms with Crippen LogP contribution in [0.4, 0.5) is 0 Å². The molecule has 0 unspecified atom stereocenters. The van der Waals surface area contributed by atoms with E-state index in [1.54, 1.807) is 27.7 Å². The van der Waals surface area contributed by atoms with E-state index in [2.05, 4.69) is 23.8 Å². The van der Waals surface area contributed by atoms with Gasteiger partial charge >= 0.3 is 0 Å². The summed E-state index contributed by atoms with van der Waals surface area (Å²) in [5.41, 5.74) is 1.87. The van der Waals surface area contributed by atoms with Crippen LogP contribution in [0.3, 0.4) is 0 Å². The lowest BCUT2D eigenvalue weighted by molar-refractivity contribution is -0.0634. The summed E-state index contributed by atoms with van der Waals surface area (Å²) >= 11 is 0. The van der Waals surface area contributed by atoms with Crippen molar-refractivity contribution in [3.05, 3.63) is 24.3 Å². The van der Waals surface area contributed by atoms with Crippen LogP contribution in [-0.2, 0) is 18.9 Å². The van der Waals surface area contributed by atoms with Gasteiger partial charge in [-0.3, -0.25) is 0 Å². The van der Waals surface area contributed by atoms with Crippen molar-refractivity contribution < 1.29 is 18.9 Å². The third-order valence-electron chi connectivity index (χ3n) is 4.52. The average molecular weight is 335 g/mol. The predicted molar refractivity (Wildman–Crippen MR) is 89.0 cm³/mol. The van der Waals surface area contributed by atoms with Gasteiger partial charge in [-0.25, -0.2) is 9.97 Å². The van der Waals surface area contributed by atoms with Gasteiger partial charge in [0.15, 0.2) is 6.23 Å². The van der Waals surface area contributed by atoms with Crippen LogP contribution in [0, 0.1) is 0 Å². The van der Waals surface area contributed by atoms with E-state index in [1.807, 2.05) is 16.8 Å². The Labute approximate surface area is 141 Å². The minimum atomic E-state index is -0.326. The first-order valence-electron chi connectivity index (χ1n) is 8.13. The number of hydrogen-bond donors (Lipinski definition) is 0. The van der Waals surface area contributed by atoms with E-state index in [0.717, 1.165) is 16.7 Å². The second-order valence-electron chi connectivity index (χ2n) is 6.29. The quantitative estimate of drug-likeness (QED) is 0.805. The Bertz CT molecular complexity index is 688. The number of hydrogen-bond acceptors (Lipinski definition) is 6. The SMILES string of the molecule is COC[C@H]1O[C@@H](n2ccc3c(C(C)C)ncnc32)[C@H](OC)[C@@H]1OC. The van der Waals surface area contributed by atoms with E-state index in [0.29, 0.717) is 12.5 Å². The molecule has 1 fully saturated rings. The third-order valence-corrected chi connectivity index (χ3v) is 4.52. The normalized spacial score (nSPS) is 27.4. The van der Waals surface area contributed by atoms with Crippen molar-refractivity contribution in [2.24, 2.45) is 0 Å². The molecule has 7 nitrogen and oxygen atoms in total. The van der Waals surface area contributed by atoms with Crippen molar-refractivity contribution in [3.8, 4) is 0 Å². The second kappa shape index (κ2) is 7.14. The zero-order valence-electron chi connectivity index (χ0n) is 14.8. The summed E-state index contributed by atoms with van der Waals surface area (Å²) in [6.45, 7) is 4.69. The van der Waals surface area contributed by atoms with Crippen molar-refractivity contribution in [1.29, 1.82) is 0 Å². The first-order valence-corrected chi connectivity index (χ1v) is 8.13. The molecule has 132 valence electrons. The first kappa shape index (κ1) is 17.3. The molecule has 0 N–H and O–H groups in total. The van der Waals surface area contributed by atoms with E-state index in [4.69, 9.17) is 18.9 Å². The number of aromatic nitrogens is 3. The molecular weight excluding hydrogens is 310 g/mol. The molecule has 4 atom stereocenters. The molecular formula is C17H25N3O4. The van der Waals surface area contributed by atoms with Crippen LogP contribution in [0.1, 0.15) is 31.7 Å². The molecule has 1 saturated heterocycles. The van der Waals surface area contributed by atoms with Gasteiger partial charge in [-0.1, -0.05) is 13.8 Å². The zero-order chi connectivity index (χ0) is 17.3. The van der Waals surface area contributed by atoms with Gasteiger partial charge < -0.3 is 23.5 Å². The Morgan fingerprint density at radius 2 is 1.92 bits per heavy atom. The number of ether oxygens (including phenoxy) is 4. The molecule has 24 heavy (non-hydrogen) atoms. The monoisotopic (exact) mass is 335 g/mol. The molecule has 0 aromatic carbocycles. The van der Waals surface area contributed by atoms with Crippen LogP contribution in [0.5, 0.6) is 0 Å². The fraction of sp³-hybridized carbons (Fsp3) is 0.647. The largest absolute Gasteiger partial charge is 0.382 e. The van der Waals surface area contributed by atoms with Gasteiger partial charge in [0, 0.05) is 32.9 Å². The van der Waals surface area contributed by atoms with E-state index in [-0.39, 0.29) is 24.5 Å². The molecule has 1 aliphatic heterocycles. The maximum Gasteiger partial charge on any atom is 0.164 e. The summed E-state index contributed by atoms with van der Waals surface area (Å²) in [5.74, 6) is 0.321. The smallest absolute Gasteiger partial charge is 0.164 e. The summed E-state index contributed by atoms with van der Waals surface area (Å²) < 4.78 is 24.7. The highest BCUT2D eigenvalue weighted by atomic mass is 16.6. The lowest BCUT2D eigenvalue weighted by Gasteiger charge is -2.22. The Kier molecular flexibility index (Phi) is 5.15. The zero-order valence-corrected chi connectivity index (χ0v) is 14.8. The van der Waals surface area contributed by atoms with Gasteiger partial charge in [-0.05, 0) is 12.0 Å². The molecule has 0 bridgehead atoms. The molecule has 2 aromatic rings. The van der Waals surface area contributed by atoms with Crippen LogP contribution in [0.25, 0.3) is 11.0 Å². The summed E-state index contributed by atoms with van der Waals surface area (Å²) in [4.78, 5) is 8.88. The van der Waals surface area contributed by atoms with Crippen LogP contribution in [0.15, 0.2) is 18.6 Å². The highest BCUT2D eigenvalue weighted by molar-refractivity contribution is 5.79. The summed E-state index contributed by atoms with van der Waals surface area (Å²) in [6.07, 6.45) is 2.60. The maximum atomic E-state index is 6.19. The first-order chi connectivity index (χ1) is 11.6. The number of methoxy groups -OCH3 is 3. The van der Waals surface area contributed by atoms with Crippen molar-refractivity contribution in [2.45, 2.75) is 44.3 Å². The van der Waals surface area contributed by atoms with E-state index in [9.17, 15) is 0 Å². The van der Waals surface area contributed by atoms with Gasteiger partial charge in [-0.2, -0.15) is 0 Å². The molecule has 0 spiro atoms. The highest BCUT2D eigenvalue weighted by Gasteiger charge is 2.46.